The highest BCUT2D eigenvalue weighted by Crippen LogP contribution is 2.37. The summed E-state index contributed by atoms with van der Waals surface area (Å²) in [6, 6.07) is 4.88. The minimum absolute atomic E-state index is 0.0485. The molecule has 2 aliphatic heterocycles. The molecule has 3 aromatic rings. The standard InChI is InChI=1S/C28H27Cl2F3N6O3/c1-14-9-21-18(12-37(14)25(40)16-5-7-19(29)20(30)10-16)24-27(42)38(13-22(39(24)35-21)26(41)36(3)4)15(2)17-6-8-23(34-11-17)28(31,32)33/h5-8,10-11,14-15,22H,9,12-13H2,1-4H3/t14-,15?,22+/m1/s1. The molecule has 2 aromatic heterocycles. The molecule has 5 rings (SSSR count). The van der Waals surface area contributed by atoms with E-state index in [0.717, 1.165) is 12.3 Å². The van der Waals surface area contributed by atoms with E-state index in [9.17, 15) is 27.6 Å². The zero-order valence-corrected chi connectivity index (χ0v) is 24.6. The summed E-state index contributed by atoms with van der Waals surface area (Å²) in [5.74, 6) is -1.06. The van der Waals surface area contributed by atoms with Gasteiger partial charge >= 0.3 is 6.18 Å². The van der Waals surface area contributed by atoms with Crippen LogP contribution in [0.25, 0.3) is 0 Å². The molecule has 4 heterocycles. The summed E-state index contributed by atoms with van der Waals surface area (Å²) in [7, 11) is 3.18. The van der Waals surface area contributed by atoms with E-state index in [1.54, 1.807) is 32.0 Å². The van der Waals surface area contributed by atoms with Gasteiger partial charge in [-0.05, 0) is 43.7 Å². The van der Waals surface area contributed by atoms with E-state index in [1.807, 2.05) is 6.92 Å². The van der Waals surface area contributed by atoms with Gasteiger partial charge in [0.05, 0.1) is 34.9 Å². The zero-order chi connectivity index (χ0) is 30.7. The summed E-state index contributed by atoms with van der Waals surface area (Å²) in [6.45, 7) is 3.55. The second-order valence-corrected chi connectivity index (χ2v) is 11.5. The summed E-state index contributed by atoms with van der Waals surface area (Å²) in [5.41, 5.74) is 0.952. The number of carbonyl (C=O) groups is 3. The molecule has 222 valence electrons. The maximum atomic E-state index is 14.0. The highest BCUT2D eigenvalue weighted by Gasteiger charge is 2.44. The summed E-state index contributed by atoms with van der Waals surface area (Å²) in [5, 5.41) is 5.23. The normalized spacial score (nSPS) is 19.3. The molecule has 0 fully saturated rings. The van der Waals surface area contributed by atoms with Crippen LogP contribution >= 0.6 is 23.2 Å². The molecule has 0 saturated carbocycles. The fourth-order valence-corrected chi connectivity index (χ4v) is 5.68. The monoisotopic (exact) mass is 622 g/mol. The van der Waals surface area contributed by atoms with Crippen LogP contribution in [0, 0.1) is 0 Å². The number of nitrogens with zero attached hydrogens (tertiary/aromatic N) is 6. The van der Waals surface area contributed by atoms with Crippen molar-refractivity contribution in [3.05, 3.63) is 80.3 Å². The maximum absolute atomic E-state index is 14.0. The summed E-state index contributed by atoms with van der Waals surface area (Å²) in [4.78, 5) is 48.9. The molecule has 14 heteroatoms. The van der Waals surface area contributed by atoms with Gasteiger partial charge in [-0.3, -0.25) is 19.4 Å². The number of aromatic nitrogens is 3. The third-order valence-electron chi connectivity index (χ3n) is 7.75. The Morgan fingerprint density at radius 3 is 2.43 bits per heavy atom. The van der Waals surface area contributed by atoms with Gasteiger partial charge < -0.3 is 14.7 Å². The van der Waals surface area contributed by atoms with E-state index in [0.29, 0.717) is 33.8 Å². The second-order valence-electron chi connectivity index (χ2n) is 10.7. The van der Waals surface area contributed by atoms with Crippen LogP contribution in [0.3, 0.4) is 0 Å². The topological polar surface area (TPSA) is 91.6 Å². The Morgan fingerprint density at radius 1 is 1.12 bits per heavy atom. The lowest BCUT2D eigenvalue weighted by Crippen LogP contribution is -2.49. The van der Waals surface area contributed by atoms with Crippen LogP contribution in [-0.2, 0) is 23.9 Å². The Bertz CT molecular complexity index is 1570. The lowest BCUT2D eigenvalue weighted by atomic mass is 9.96. The number of rotatable bonds is 4. The average Bonchev–Trinajstić information content (AvgIpc) is 3.31. The van der Waals surface area contributed by atoms with Crippen molar-refractivity contribution in [1.29, 1.82) is 0 Å². The zero-order valence-electron chi connectivity index (χ0n) is 23.1. The first-order valence-electron chi connectivity index (χ1n) is 13.1. The molecular formula is C28H27Cl2F3N6O3. The van der Waals surface area contributed by atoms with Gasteiger partial charge in [-0.2, -0.15) is 18.3 Å². The molecule has 0 saturated heterocycles. The minimum Gasteiger partial charge on any atom is -0.347 e. The largest absolute Gasteiger partial charge is 0.433 e. The van der Waals surface area contributed by atoms with Crippen molar-refractivity contribution in [3.63, 3.8) is 0 Å². The Hall–Kier alpha value is -3.64. The molecule has 0 bridgehead atoms. The number of amides is 3. The van der Waals surface area contributed by atoms with Gasteiger partial charge in [0.1, 0.15) is 17.4 Å². The number of likely N-dealkylation sites (N-methyl/N-ethyl adjacent to an activating group) is 1. The molecule has 3 amide bonds. The van der Waals surface area contributed by atoms with Crippen LogP contribution < -0.4 is 0 Å². The van der Waals surface area contributed by atoms with E-state index in [4.69, 9.17) is 23.2 Å². The van der Waals surface area contributed by atoms with Crippen molar-refractivity contribution in [2.75, 3.05) is 20.6 Å². The molecule has 0 N–H and O–H groups in total. The minimum atomic E-state index is -4.60. The third kappa shape index (κ3) is 5.22. The molecule has 0 radical (unpaired) electrons. The van der Waals surface area contributed by atoms with E-state index < -0.39 is 29.9 Å². The number of halogens is 5. The number of benzene rings is 1. The molecule has 3 atom stereocenters. The smallest absolute Gasteiger partial charge is 0.347 e. The van der Waals surface area contributed by atoms with Crippen molar-refractivity contribution < 1.29 is 27.6 Å². The van der Waals surface area contributed by atoms with Crippen molar-refractivity contribution >= 4 is 40.9 Å². The first-order chi connectivity index (χ1) is 19.7. The number of alkyl halides is 3. The fraction of sp³-hybridized carbons (Fsp3) is 0.393. The number of pyridine rings is 1. The van der Waals surface area contributed by atoms with Gasteiger partial charge in [0.2, 0.25) is 5.91 Å². The Balaban J connectivity index is 1.53. The molecule has 1 aromatic carbocycles. The highest BCUT2D eigenvalue weighted by molar-refractivity contribution is 6.42. The van der Waals surface area contributed by atoms with Crippen LogP contribution in [0.2, 0.25) is 10.0 Å². The highest BCUT2D eigenvalue weighted by atomic mass is 35.5. The van der Waals surface area contributed by atoms with Gasteiger partial charge in [-0.25, -0.2) is 4.68 Å². The number of carbonyl (C=O) groups excluding carboxylic acids is 3. The van der Waals surface area contributed by atoms with Crippen molar-refractivity contribution in [3.8, 4) is 0 Å². The Labute approximate surface area is 249 Å². The van der Waals surface area contributed by atoms with E-state index in [1.165, 1.54) is 32.7 Å². The second kappa shape index (κ2) is 10.9. The van der Waals surface area contributed by atoms with Crippen LogP contribution in [-0.4, -0.2) is 73.9 Å². The Kier molecular flexibility index (Phi) is 7.73. The summed E-state index contributed by atoms with van der Waals surface area (Å²) in [6.07, 6.45) is -3.17. The van der Waals surface area contributed by atoms with Gasteiger partial charge in [0.15, 0.2) is 0 Å². The van der Waals surface area contributed by atoms with Crippen LogP contribution in [0.4, 0.5) is 13.2 Å². The fourth-order valence-electron chi connectivity index (χ4n) is 5.38. The molecule has 2 aliphatic rings. The Morgan fingerprint density at radius 2 is 1.83 bits per heavy atom. The van der Waals surface area contributed by atoms with Crippen LogP contribution in [0.5, 0.6) is 0 Å². The number of fused-ring (bicyclic) bond motifs is 3. The van der Waals surface area contributed by atoms with E-state index in [-0.39, 0.29) is 41.7 Å². The van der Waals surface area contributed by atoms with Crippen molar-refractivity contribution in [2.24, 2.45) is 0 Å². The number of hydrogen-bond donors (Lipinski definition) is 0. The first-order valence-corrected chi connectivity index (χ1v) is 13.9. The summed E-state index contributed by atoms with van der Waals surface area (Å²) >= 11 is 12.2. The maximum Gasteiger partial charge on any atom is 0.433 e. The molecule has 0 aliphatic carbocycles. The van der Waals surface area contributed by atoms with Crippen molar-refractivity contribution in [2.45, 2.75) is 51.1 Å². The van der Waals surface area contributed by atoms with Crippen LogP contribution in [0.1, 0.15) is 69.3 Å². The molecule has 1 unspecified atom stereocenters. The lowest BCUT2D eigenvalue weighted by molar-refractivity contribution is -0.141. The van der Waals surface area contributed by atoms with Gasteiger partial charge in [-0.15, -0.1) is 0 Å². The first kappa shape index (κ1) is 29.8. The predicted octanol–water partition coefficient (Wildman–Crippen LogP) is 5.04. The van der Waals surface area contributed by atoms with Crippen LogP contribution in [0.15, 0.2) is 36.5 Å². The van der Waals surface area contributed by atoms with E-state index in [2.05, 4.69) is 10.1 Å². The number of hydrogen-bond acceptors (Lipinski definition) is 5. The molecular weight excluding hydrogens is 596 g/mol. The predicted molar refractivity (Wildman–Crippen MR) is 148 cm³/mol. The summed E-state index contributed by atoms with van der Waals surface area (Å²) < 4.78 is 40.7. The third-order valence-corrected chi connectivity index (χ3v) is 8.49. The van der Waals surface area contributed by atoms with Crippen molar-refractivity contribution in [1.82, 2.24) is 29.5 Å². The van der Waals surface area contributed by atoms with Gasteiger partial charge in [0, 0.05) is 43.9 Å². The van der Waals surface area contributed by atoms with Gasteiger partial charge in [-0.1, -0.05) is 29.3 Å². The molecule has 0 spiro atoms. The quantitative estimate of drug-likeness (QED) is 0.407. The lowest BCUT2D eigenvalue weighted by Gasteiger charge is -2.38. The van der Waals surface area contributed by atoms with E-state index >= 15 is 0 Å². The SMILES string of the molecule is CC(c1ccc(C(F)(F)F)nc1)N1C[C@@H](C(=O)N(C)C)n2nc3c(c2C1=O)CN(C(=O)c1ccc(Cl)c(Cl)c1)[C@H](C)C3. The average molecular weight is 623 g/mol. The van der Waals surface area contributed by atoms with Gasteiger partial charge in [0.25, 0.3) is 11.8 Å². The molecule has 9 nitrogen and oxygen atoms in total. The molecule has 42 heavy (non-hydrogen) atoms.